The Morgan fingerprint density at radius 2 is 1.71 bits per heavy atom. The summed E-state index contributed by atoms with van der Waals surface area (Å²) in [7, 11) is 1.96. The van der Waals surface area contributed by atoms with Gasteiger partial charge in [-0.05, 0) is 45.2 Å². The molecule has 1 aliphatic rings. The number of aryl methyl sites for hydroxylation is 1. The molecule has 0 unspecified atom stereocenters. The summed E-state index contributed by atoms with van der Waals surface area (Å²) < 4.78 is 0. The lowest BCUT2D eigenvalue weighted by Crippen LogP contribution is -2.60. The summed E-state index contributed by atoms with van der Waals surface area (Å²) in [5.41, 5.74) is 3.50. The van der Waals surface area contributed by atoms with E-state index < -0.39 is 0 Å². The van der Waals surface area contributed by atoms with Crippen LogP contribution in [-0.2, 0) is 9.59 Å². The Bertz CT molecular complexity index is 861. The van der Waals surface area contributed by atoms with Crippen LogP contribution in [0.5, 0.6) is 0 Å². The van der Waals surface area contributed by atoms with Crippen molar-refractivity contribution in [3.8, 4) is 0 Å². The van der Waals surface area contributed by atoms with Crippen LogP contribution in [0.2, 0.25) is 0 Å². The van der Waals surface area contributed by atoms with Crippen molar-refractivity contribution in [3.05, 3.63) is 41.9 Å². The zero-order chi connectivity index (χ0) is 20.3. The van der Waals surface area contributed by atoms with Gasteiger partial charge in [-0.2, -0.15) is 0 Å². The maximum absolute atomic E-state index is 12.3. The van der Waals surface area contributed by atoms with Crippen molar-refractivity contribution in [2.24, 2.45) is 0 Å². The van der Waals surface area contributed by atoms with Gasteiger partial charge in [0.1, 0.15) is 12.1 Å². The minimum absolute atomic E-state index is 0.0673. The van der Waals surface area contributed by atoms with E-state index in [1.807, 2.05) is 20.9 Å². The van der Waals surface area contributed by atoms with Gasteiger partial charge in [0.05, 0.1) is 6.54 Å². The van der Waals surface area contributed by atoms with Crippen LogP contribution in [0, 0.1) is 13.8 Å². The SMILES string of the molecule is CC(=O)Nc1ccc(NC(=O)CN(C)C2CN(c3ncnc(C)c3C)C2)cc1. The van der Waals surface area contributed by atoms with Gasteiger partial charge in [0.15, 0.2) is 0 Å². The molecule has 0 atom stereocenters. The predicted molar refractivity (Wildman–Crippen MR) is 110 cm³/mol. The highest BCUT2D eigenvalue weighted by Gasteiger charge is 2.32. The van der Waals surface area contributed by atoms with Crippen LogP contribution < -0.4 is 15.5 Å². The van der Waals surface area contributed by atoms with Crippen LogP contribution in [0.4, 0.5) is 17.2 Å². The molecule has 8 heteroatoms. The van der Waals surface area contributed by atoms with E-state index in [4.69, 9.17) is 0 Å². The molecule has 0 saturated carbocycles. The van der Waals surface area contributed by atoms with Gasteiger partial charge in [0.25, 0.3) is 0 Å². The van der Waals surface area contributed by atoms with Crippen molar-refractivity contribution >= 4 is 29.0 Å². The van der Waals surface area contributed by atoms with Gasteiger partial charge in [-0.25, -0.2) is 9.97 Å². The number of hydrogen-bond donors (Lipinski definition) is 2. The number of rotatable bonds is 6. The third-order valence-corrected chi connectivity index (χ3v) is 4.98. The van der Waals surface area contributed by atoms with Gasteiger partial charge >= 0.3 is 0 Å². The van der Waals surface area contributed by atoms with E-state index in [1.165, 1.54) is 6.92 Å². The average molecular weight is 382 g/mol. The fourth-order valence-electron chi connectivity index (χ4n) is 3.15. The molecular weight excluding hydrogens is 356 g/mol. The maximum Gasteiger partial charge on any atom is 0.238 e. The number of carbonyl (C=O) groups is 2. The molecule has 1 fully saturated rings. The molecule has 0 aliphatic carbocycles. The highest BCUT2D eigenvalue weighted by atomic mass is 16.2. The van der Waals surface area contributed by atoms with Crippen molar-refractivity contribution in [3.63, 3.8) is 0 Å². The second-order valence-electron chi connectivity index (χ2n) is 7.19. The third kappa shape index (κ3) is 4.64. The van der Waals surface area contributed by atoms with Gasteiger partial charge in [-0.3, -0.25) is 14.5 Å². The first kappa shape index (κ1) is 19.8. The zero-order valence-electron chi connectivity index (χ0n) is 16.7. The van der Waals surface area contributed by atoms with E-state index in [0.29, 0.717) is 24.0 Å². The first-order valence-electron chi connectivity index (χ1n) is 9.24. The molecule has 1 aromatic heterocycles. The Labute approximate surface area is 165 Å². The lowest BCUT2D eigenvalue weighted by molar-refractivity contribution is -0.117. The number of anilines is 3. The molecule has 28 heavy (non-hydrogen) atoms. The number of likely N-dealkylation sites (N-methyl/N-ethyl adjacent to an activating group) is 1. The molecule has 0 bridgehead atoms. The van der Waals surface area contributed by atoms with E-state index in [-0.39, 0.29) is 11.8 Å². The summed E-state index contributed by atoms with van der Waals surface area (Å²) in [6.45, 7) is 7.47. The van der Waals surface area contributed by atoms with E-state index in [2.05, 4.69) is 30.4 Å². The molecule has 1 aromatic carbocycles. The summed E-state index contributed by atoms with van der Waals surface area (Å²) in [6, 6.07) is 7.37. The topological polar surface area (TPSA) is 90.5 Å². The van der Waals surface area contributed by atoms with Crippen LogP contribution in [0.15, 0.2) is 30.6 Å². The van der Waals surface area contributed by atoms with Gasteiger partial charge in [-0.15, -0.1) is 0 Å². The summed E-state index contributed by atoms with van der Waals surface area (Å²) in [4.78, 5) is 36.2. The molecule has 8 nitrogen and oxygen atoms in total. The molecule has 0 spiro atoms. The first-order valence-corrected chi connectivity index (χ1v) is 9.24. The second kappa shape index (κ2) is 8.35. The predicted octanol–water partition coefficient (Wildman–Crippen LogP) is 1.81. The Morgan fingerprint density at radius 3 is 2.32 bits per heavy atom. The molecule has 2 amide bonds. The molecule has 3 rings (SSSR count). The van der Waals surface area contributed by atoms with Crippen LogP contribution in [-0.4, -0.2) is 59.4 Å². The molecule has 2 heterocycles. The Morgan fingerprint density at radius 1 is 1.11 bits per heavy atom. The molecule has 2 N–H and O–H groups in total. The van der Waals surface area contributed by atoms with Crippen LogP contribution in [0.25, 0.3) is 0 Å². The molecule has 0 radical (unpaired) electrons. The highest BCUT2D eigenvalue weighted by Crippen LogP contribution is 2.25. The van der Waals surface area contributed by atoms with Crippen molar-refractivity contribution < 1.29 is 9.59 Å². The lowest BCUT2D eigenvalue weighted by Gasteiger charge is -2.45. The van der Waals surface area contributed by atoms with E-state index in [1.54, 1.807) is 30.6 Å². The van der Waals surface area contributed by atoms with Crippen LogP contribution in [0.3, 0.4) is 0 Å². The van der Waals surface area contributed by atoms with Crippen LogP contribution in [0.1, 0.15) is 18.2 Å². The highest BCUT2D eigenvalue weighted by molar-refractivity contribution is 5.93. The molecule has 1 aliphatic heterocycles. The van der Waals surface area contributed by atoms with Crippen LogP contribution >= 0.6 is 0 Å². The van der Waals surface area contributed by atoms with Crippen molar-refractivity contribution in [1.29, 1.82) is 0 Å². The number of aromatic nitrogens is 2. The quantitative estimate of drug-likeness (QED) is 0.792. The molecule has 2 aromatic rings. The van der Waals surface area contributed by atoms with Crippen molar-refractivity contribution in [1.82, 2.24) is 14.9 Å². The average Bonchev–Trinajstić information content (AvgIpc) is 2.58. The van der Waals surface area contributed by atoms with E-state index in [0.717, 1.165) is 30.2 Å². The summed E-state index contributed by atoms with van der Waals surface area (Å²) in [6.07, 6.45) is 1.60. The smallest absolute Gasteiger partial charge is 0.238 e. The van der Waals surface area contributed by atoms with E-state index >= 15 is 0 Å². The number of benzene rings is 1. The Kier molecular flexibility index (Phi) is 5.89. The lowest BCUT2D eigenvalue weighted by atomic mass is 10.1. The number of hydrogen-bond acceptors (Lipinski definition) is 6. The van der Waals surface area contributed by atoms with E-state index in [9.17, 15) is 9.59 Å². The monoisotopic (exact) mass is 382 g/mol. The molecule has 148 valence electrons. The number of nitrogens with one attached hydrogen (secondary N) is 2. The van der Waals surface area contributed by atoms with Gasteiger partial charge < -0.3 is 15.5 Å². The van der Waals surface area contributed by atoms with Gasteiger partial charge in [0.2, 0.25) is 11.8 Å². The summed E-state index contributed by atoms with van der Waals surface area (Å²) in [5.74, 6) is 0.781. The summed E-state index contributed by atoms with van der Waals surface area (Å²) >= 11 is 0. The normalized spacial score (nSPS) is 14.0. The minimum Gasteiger partial charge on any atom is -0.353 e. The zero-order valence-corrected chi connectivity index (χ0v) is 16.7. The first-order chi connectivity index (χ1) is 13.3. The molecule has 1 saturated heterocycles. The Balaban J connectivity index is 1.47. The molecular formula is C20H26N6O2. The standard InChI is InChI=1S/C20H26N6O2/c1-13-14(2)21-12-22-20(13)26-9-18(10-26)25(4)11-19(28)24-17-7-5-16(6-8-17)23-15(3)27/h5-8,12,18H,9-11H2,1-4H3,(H,23,27)(H,24,28). The fraction of sp³-hybridized carbons (Fsp3) is 0.400. The van der Waals surface area contributed by atoms with Gasteiger partial charge in [0, 0.05) is 48.7 Å². The van der Waals surface area contributed by atoms with Crippen molar-refractivity contribution in [2.45, 2.75) is 26.8 Å². The Hall–Kier alpha value is -3.00. The third-order valence-electron chi connectivity index (χ3n) is 4.98. The number of carbonyl (C=O) groups excluding carboxylic acids is 2. The van der Waals surface area contributed by atoms with Crippen molar-refractivity contribution in [2.75, 3.05) is 42.2 Å². The van der Waals surface area contributed by atoms with Gasteiger partial charge in [-0.1, -0.05) is 0 Å². The maximum atomic E-state index is 12.3. The largest absolute Gasteiger partial charge is 0.353 e. The minimum atomic E-state index is -0.125. The summed E-state index contributed by atoms with van der Waals surface area (Å²) in [5, 5.41) is 5.59. The number of amides is 2. The number of nitrogens with zero attached hydrogens (tertiary/aromatic N) is 4. The fourth-order valence-corrected chi connectivity index (χ4v) is 3.15. The second-order valence-corrected chi connectivity index (χ2v) is 7.19.